The van der Waals surface area contributed by atoms with E-state index in [1.165, 1.54) is 4.90 Å². The van der Waals surface area contributed by atoms with Crippen LogP contribution in [0.2, 0.25) is 0 Å². The minimum Gasteiger partial charge on any atom is -0.353 e. The van der Waals surface area contributed by atoms with Gasteiger partial charge in [-0.25, -0.2) is 4.98 Å². The molecule has 0 spiro atoms. The van der Waals surface area contributed by atoms with Gasteiger partial charge in [0.1, 0.15) is 5.82 Å². The van der Waals surface area contributed by atoms with Gasteiger partial charge in [0, 0.05) is 44.5 Å². The van der Waals surface area contributed by atoms with Crippen molar-refractivity contribution in [2.75, 3.05) is 31.1 Å². The fourth-order valence-corrected chi connectivity index (χ4v) is 2.79. The van der Waals surface area contributed by atoms with E-state index >= 15 is 0 Å². The third-order valence-corrected chi connectivity index (χ3v) is 4.11. The number of non-ortho nitro benzene ring substituents is 2. The second-order valence-electron chi connectivity index (χ2n) is 5.72. The molecule has 0 saturated carbocycles. The van der Waals surface area contributed by atoms with E-state index in [-0.39, 0.29) is 5.56 Å². The lowest BCUT2D eigenvalue weighted by Gasteiger charge is -2.35. The molecule has 2 aromatic rings. The van der Waals surface area contributed by atoms with E-state index in [0.717, 1.165) is 24.0 Å². The van der Waals surface area contributed by atoms with E-state index in [2.05, 4.69) is 4.98 Å². The van der Waals surface area contributed by atoms with Crippen LogP contribution >= 0.6 is 0 Å². The number of benzene rings is 1. The predicted octanol–water partition coefficient (Wildman–Crippen LogP) is 1.86. The van der Waals surface area contributed by atoms with Crippen LogP contribution < -0.4 is 4.90 Å². The molecule has 0 radical (unpaired) electrons. The van der Waals surface area contributed by atoms with Crippen molar-refractivity contribution in [1.82, 2.24) is 9.88 Å². The Morgan fingerprint density at radius 2 is 1.58 bits per heavy atom. The molecule has 1 aliphatic rings. The van der Waals surface area contributed by atoms with Crippen molar-refractivity contribution in [3.05, 3.63) is 68.4 Å². The third-order valence-electron chi connectivity index (χ3n) is 4.11. The number of nitro groups is 2. The summed E-state index contributed by atoms with van der Waals surface area (Å²) in [5.41, 5.74) is -1.01. The van der Waals surface area contributed by atoms with Crippen LogP contribution in [0.4, 0.5) is 17.2 Å². The molecule has 1 fully saturated rings. The summed E-state index contributed by atoms with van der Waals surface area (Å²) < 4.78 is 0. The fraction of sp³-hybridized carbons (Fsp3) is 0.250. The van der Waals surface area contributed by atoms with Gasteiger partial charge in [0.2, 0.25) is 0 Å². The summed E-state index contributed by atoms with van der Waals surface area (Å²) in [6.45, 7) is 1.90. The average Bonchev–Trinajstić information content (AvgIpc) is 2.67. The summed E-state index contributed by atoms with van der Waals surface area (Å²) in [5, 5.41) is 21.9. The Balaban J connectivity index is 1.76. The van der Waals surface area contributed by atoms with Gasteiger partial charge < -0.3 is 9.80 Å². The van der Waals surface area contributed by atoms with Crippen LogP contribution in [0.1, 0.15) is 10.4 Å². The standard InChI is InChI=1S/C16H15N5O5/c22-16(12-9-13(20(23)24)11-14(10-12)21(25)26)19-7-5-18(6-8-19)15-3-1-2-4-17-15/h1-4,9-11H,5-8H2. The minimum absolute atomic E-state index is 0.0582. The van der Waals surface area contributed by atoms with Gasteiger partial charge in [-0.15, -0.1) is 0 Å². The van der Waals surface area contributed by atoms with Crippen LogP contribution in [-0.2, 0) is 0 Å². The van der Waals surface area contributed by atoms with Gasteiger partial charge in [-0.2, -0.15) is 0 Å². The normalized spacial score (nSPS) is 14.2. The molecule has 1 saturated heterocycles. The topological polar surface area (TPSA) is 123 Å². The first-order valence-corrected chi connectivity index (χ1v) is 7.85. The summed E-state index contributed by atoms with van der Waals surface area (Å²) in [6.07, 6.45) is 1.69. The number of hydrogen-bond acceptors (Lipinski definition) is 7. The lowest BCUT2D eigenvalue weighted by Crippen LogP contribution is -2.49. The number of carbonyl (C=O) groups is 1. The number of amides is 1. The van der Waals surface area contributed by atoms with Crippen LogP contribution in [0.3, 0.4) is 0 Å². The van der Waals surface area contributed by atoms with Crippen molar-refractivity contribution in [3.63, 3.8) is 0 Å². The zero-order chi connectivity index (χ0) is 18.7. The Kier molecular flexibility index (Phi) is 4.74. The Labute approximate surface area is 148 Å². The summed E-state index contributed by atoms with van der Waals surface area (Å²) in [6, 6.07) is 8.55. The maximum atomic E-state index is 12.6. The molecule has 2 heterocycles. The molecular weight excluding hydrogens is 342 g/mol. The molecule has 134 valence electrons. The van der Waals surface area contributed by atoms with Crippen molar-refractivity contribution in [2.24, 2.45) is 0 Å². The molecule has 1 aliphatic heterocycles. The molecule has 0 unspecified atom stereocenters. The Hall–Kier alpha value is -3.56. The number of nitro benzene ring substituents is 2. The zero-order valence-electron chi connectivity index (χ0n) is 13.6. The molecule has 1 aromatic heterocycles. The Bertz CT molecular complexity index is 817. The number of anilines is 1. The van der Waals surface area contributed by atoms with Crippen LogP contribution in [0.25, 0.3) is 0 Å². The SMILES string of the molecule is O=C(c1cc([N+](=O)[O-])cc([N+](=O)[O-])c1)N1CCN(c2ccccn2)CC1. The molecule has 10 heteroatoms. The van der Waals surface area contributed by atoms with Gasteiger partial charge in [-0.05, 0) is 12.1 Å². The number of aromatic nitrogens is 1. The van der Waals surface area contributed by atoms with E-state index < -0.39 is 27.1 Å². The fourth-order valence-electron chi connectivity index (χ4n) is 2.79. The van der Waals surface area contributed by atoms with E-state index in [1.807, 2.05) is 23.1 Å². The number of hydrogen-bond donors (Lipinski definition) is 0. The second-order valence-corrected chi connectivity index (χ2v) is 5.72. The number of pyridine rings is 1. The van der Waals surface area contributed by atoms with E-state index in [4.69, 9.17) is 0 Å². The first kappa shape index (κ1) is 17.3. The maximum Gasteiger partial charge on any atom is 0.277 e. The molecule has 3 rings (SSSR count). The van der Waals surface area contributed by atoms with Gasteiger partial charge in [-0.1, -0.05) is 6.07 Å². The van der Waals surface area contributed by atoms with Gasteiger partial charge in [-0.3, -0.25) is 25.0 Å². The van der Waals surface area contributed by atoms with E-state index in [9.17, 15) is 25.0 Å². The molecule has 26 heavy (non-hydrogen) atoms. The van der Waals surface area contributed by atoms with Crippen molar-refractivity contribution >= 4 is 23.1 Å². The minimum atomic E-state index is -0.747. The van der Waals surface area contributed by atoms with E-state index in [1.54, 1.807) is 6.20 Å². The van der Waals surface area contributed by atoms with Gasteiger partial charge in [0.05, 0.1) is 21.5 Å². The van der Waals surface area contributed by atoms with Crippen molar-refractivity contribution in [1.29, 1.82) is 0 Å². The molecule has 0 N–H and O–H groups in total. The first-order chi connectivity index (χ1) is 12.5. The quantitative estimate of drug-likeness (QED) is 0.604. The number of rotatable bonds is 4. The van der Waals surface area contributed by atoms with Crippen LogP contribution in [0.5, 0.6) is 0 Å². The lowest BCUT2D eigenvalue weighted by molar-refractivity contribution is -0.394. The summed E-state index contributed by atoms with van der Waals surface area (Å²) in [7, 11) is 0. The molecule has 0 atom stereocenters. The third kappa shape index (κ3) is 3.58. The number of carbonyl (C=O) groups excluding carboxylic acids is 1. The molecule has 1 amide bonds. The highest BCUT2D eigenvalue weighted by Crippen LogP contribution is 2.24. The predicted molar refractivity (Wildman–Crippen MR) is 92.1 cm³/mol. The number of nitrogens with zero attached hydrogens (tertiary/aromatic N) is 5. The summed E-state index contributed by atoms with van der Waals surface area (Å²) >= 11 is 0. The molecule has 0 bridgehead atoms. The average molecular weight is 357 g/mol. The first-order valence-electron chi connectivity index (χ1n) is 7.85. The van der Waals surface area contributed by atoms with Crippen molar-refractivity contribution in [2.45, 2.75) is 0 Å². The molecule has 0 aliphatic carbocycles. The monoisotopic (exact) mass is 357 g/mol. The van der Waals surface area contributed by atoms with Crippen LogP contribution in [0, 0.1) is 20.2 Å². The van der Waals surface area contributed by atoms with Crippen LogP contribution in [-0.4, -0.2) is 51.8 Å². The number of piperazine rings is 1. The smallest absolute Gasteiger partial charge is 0.277 e. The van der Waals surface area contributed by atoms with Crippen LogP contribution in [0.15, 0.2) is 42.6 Å². The second kappa shape index (κ2) is 7.13. The van der Waals surface area contributed by atoms with Gasteiger partial charge in [0.25, 0.3) is 17.3 Å². The summed E-state index contributed by atoms with van der Waals surface area (Å²) in [5.74, 6) is 0.350. The van der Waals surface area contributed by atoms with E-state index in [0.29, 0.717) is 26.2 Å². The lowest BCUT2D eigenvalue weighted by atomic mass is 10.1. The molecule has 10 nitrogen and oxygen atoms in total. The highest BCUT2D eigenvalue weighted by molar-refractivity contribution is 5.95. The van der Waals surface area contributed by atoms with Crippen molar-refractivity contribution < 1.29 is 14.6 Å². The molecule has 1 aromatic carbocycles. The molecular formula is C16H15N5O5. The summed E-state index contributed by atoms with van der Waals surface area (Å²) in [4.78, 5) is 40.9. The highest BCUT2D eigenvalue weighted by atomic mass is 16.6. The Morgan fingerprint density at radius 3 is 2.08 bits per heavy atom. The Morgan fingerprint density at radius 1 is 0.962 bits per heavy atom. The van der Waals surface area contributed by atoms with Gasteiger partial charge >= 0.3 is 0 Å². The largest absolute Gasteiger partial charge is 0.353 e. The van der Waals surface area contributed by atoms with Crippen molar-refractivity contribution in [3.8, 4) is 0 Å². The maximum absolute atomic E-state index is 12.6. The van der Waals surface area contributed by atoms with Gasteiger partial charge in [0.15, 0.2) is 0 Å². The highest BCUT2D eigenvalue weighted by Gasteiger charge is 2.26. The zero-order valence-corrected chi connectivity index (χ0v) is 13.6.